The van der Waals surface area contributed by atoms with Gasteiger partial charge in [-0.3, -0.25) is 4.79 Å². The van der Waals surface area contributed by atoms with Gasteiger partial charge in [-0.25, -0.2) is 8.42 Å². The zero-order valence-corrected chi connectivity index (χ0v) is 6.85. The summed E-state index contributed by atoms with van der Waals surface area (Å²) in [7, 11) is -4.36. The van der Waals surface area contributed by atoms with Crippen molar-refractivity contribution in [1.29, 1.82) is 0 Å². The third kappa shape index (κ3) is 9.08. The molecule has 0 bridgehead atoms. The third-order valence-corrected chi connectivity index (χ3v) is 1.11. The summed E-state index contributed by atoms with van der Waals surface area (Å²) in [5.74, 6) is -1.57. The van der Waals surface area contributed by atoms with E-state index in [2.05, 4.69) is 6.58 Å². The van der Waals surface area contributed by atoms with Gasteiger partial charge >= 0.3 is 0 Å². The minimum atomic E-state index is -4.36. The molecule has 0 heterocycles. The summed E-state index contributed by atoms with van der Waals surface area (Å²) in [6.45, 7) is 3.05. The van der Waals surface area contributed by atoms with Crippen molar-refractivity contribution >= 4 is 16.0 Å². The maximum Gasteiger partial charge on any atom is 0.244 e. The van der Waals surface area contributed by atoms with E-state index in [0.29, 0.717) is 0 Å². The SMILES string of the molecule is C=CC(=O)NCS(=O)(=O)[O-].[NH4+]. The molecule has 0 saturated heterocycles. The van der Waals surface area contributed by atoms with Gasteiger partial charge in [0.2, 0.25) is 5.91 Å². The van der Waals surface area contributed by atoms with E-state index in [0.717, 1.165) is 6.08 Å². The van der Waals surface area contributed by atoms with E-state index < -0.39 is 21.9 Å². The molecule has 5 N–H and O–H groups in total. The standard InChI is InChI=1S/C4H7NO4S.H3N/c1-2-4(6)5-3-10(7,8)9;/h2H,1,3H2,(H,5,6)(H,7,8,9);1H3. The third-order valence-electron chi connectivity index (χ3n) is 0.609. The average Bonchev–Trinajstić information content (AvgIpc) is 1.81. The molecule has 0 saturated carbocycles. The highest BCUT2D eigenvalue weighted by Crippen LogP contribution is 1.76. The predicted molar refractivity (Wildman–Crippen MR) is 38.9 cm³/mol. The summed E-state index contributed by atoms with van der Waals surface area (Å²) >= 11 is 0. The first-order valence-electron chi connectivity index (χ1n) is 2.29. The summed E-state index contributed by atoms with van der Waals surface area (Å²) in [6, 6.07) is 0. The molecule has 66 valence electrons. The Bertz CT molecular complexity index is 232. The number of carbonyl (C=O) groups is 1. The summed E-state index contributed by atoms with van der Waals surface area (Å²) in [5, 5.41) is 1.81. The van der Waals surface area contributed by atoms with Crippen LogP contribution in [-0.4, -0.2) is 24.8 Å². The molecule has 1 amide bonds. The highest BCUT2D eigenvalue weighted by atomic mass is 32.2. The molecule has 0 atom stereocenters. The fourth-order valence-electron chi connectivity index (χ4n) is 0.232. The Kier molecular flexibility index (Phi) is 5.59. The van der Waals surface area contributed by atoms with E-state index >= 15 is 0 Å². The molecule has 0 aromatic carbocycles. The van der Waals surface area contributed by atoms with E-state index in [1.54, 1.807) is 0 Å². The zero-order chi connectivity index (χ0) is 8.20. The van der Waals surface area contributed by atoms with E-state index in [1.807, 2.05) is 5.32 Å². The lowest BCUT2D eigenvalue weighted by atomic mass is 10.6. The maximum absolute atomic E-state index is 10.2. The second-order valence-electron chi connectivity index (χ2n) is 1.45. The van der Waals surface area contributed by atoms with Crippen LogP contribution in [0.5, 0.6) is 0 Å². The van der Waals surface area contributed by atoms with Gasteiger partial charge in [-0.05, 0) is 6.08 Å². The van der Waals surface area contributed by atoms with Crippen molar-refractivity contribution < 1.29 is 17.8 Å². The largest absolute Gasteiger partial charge is 0.747 e. The van der Waals surface area contributed by atoms with Crippen LogP contribution in [-0.2, 0) is 14.9 Å². The van der Waals surface area contributed by atoms with Gasteiger partial charge in [0.05, 0.1) is 0 Å². The van der Waals surface area contributed by atoms with Crippen LogP contribution in [0.15, 0.2) is 12.7 Å². The summed E-state index contributed by atoms with van der Waals surface area (Å²) in [5.41, 5.74) is 0. The van der Waals surface area contributed by atoms with E-state index in [9.17, 15) is 17.8 Å². The fourth-order valence-corrected chi connectivity index (χ4v) is 0.551. The number of hydrogen-bond donors (Lipinski definition) is 2. The molecule has 0 aliphatic carbocycles. The van der Waals surface area contributed by atoms with Gasteiger partial charge in [-0.15, -0.1) is 0 Å². The van der Waals surface area contributed by atoms with Crippen LogP contribution >= 0.6 is 0 Å². The highest BCUT2D eigenvalue weighted by Gasteiger charge is 1.95. The van der Waals surface area contributed by atoms with Crippen molar-refractivity contribution in [1.82, 2.24) is 11.5 Å². The van der Waals surface area contributed by atoms with Crippen LogP contribution in [0.2, 0.25) is 0 Å². The number of rotatable bonds is 3. The van der Waals surface area contributed by atoms with Gasteiger partial charge in [0, 0.05) is 0 Å². The molecule has 0 radical (unpaired) electrons. The molecule has 7 heteroatoms. The van der Waals surface area contributed by atoms with Crippen molar-refractivity contribution in [3.05, 3.63) is 12.7 Å². The molecule has 0 rings (SSSR count). The van der Waals surface area contributed by atoms with Gasteiger partial charge in [-0.1, -0.05) is 6.58 Å². The number of carbonyl (C=O) groups excluding carboxylic acids is 1. The van der Waals surface area contributed by atoms with Gasteiger partial charge in [0.25, 0.3) is 0 Å². The van der Waals surface area contributed by atoms with Gasteiger partial charge < -0.3 is 16.0 Å². The van der Waals surface area contributed by atoms with Gasteiger partial charge in [-0.2, -0.15) is 0 Å². The van der Waals surface area contributed by atoms with Crippen molar-refractivity contribution in [2.24, 2.45) is 0 Å². The molecular weight excluding hydrogens is 172 g/mol. The predicted octanol–water partition coefficient (Wildman–Crippen LogP) is -0.832. The number of hydrogen-bond acceptors (Lipinski definition) is 4. The van der Waals surface area contributed by atoms with Crippen LogP contribution in [0.4, 0.5) is 0 Å². The van der Waals surface area contributed by atoms with Crippen LogP contribution in [0.25, 0.3) is 0 Å². The quantitative estimate of drug-likeness (QED) is 0.436. The highest BCUT2D eigenvalue weighted by molar-refractivity contribution is 7.85. The zero-order valence-electron chi connectivity index (χ0n) is 6.03. The molecule has 0 unspecified atom stereocenters. The molecular formula is C4H10N2O4S. The first-order chi connectivity index (χ1) is 4.45. The average molecular weight is 182 g/mol. The topological polar surface area (TPSA) is 123 Å². The second-order valence-corrected chi connectivity index (χ2v) is 2.85. The van der Waals surface area contributed by atoms with Crippen LogP contribution < -0.4 is 11.5 Å². The molecule has 0 spiro atoms. The van der Waals surface area contributed by atoms with Gasteiger partial charge in [0.15, 0.2) is 0 Å². The van der Waals surface area contributed by atoms with E-state index in [-0.39, 0.29) is 6.15 Å². The minimum absolute atomic E-state index is 0. The molecule has 0 aromatic heterocycles. The van der Waals surface area contributed by atoms with Crippen LogP contribution in [0.1, 0.15) is 0 Å². The van der Waals surface area contributed by atoms with Crippen molar-refractivity contribution in [3.8, 4) is 0 Å². The van der Waals surface area contributed by atoms with E-state index in [1.165, 1.54) is 0 Å². The summed E-state index contributed by atoms with van der Waals surface area (Å²) in [4.78, 5) is 10.2. The molecule has 11 heavy (non-hydrogen) atoms. The Morgan fingerprint density at radius 2 is 2.09 bits per heavy atom. The normalized spacial score (nSPS) is 9.55. The lowest BCUT2D eigenvalue weighted by Crippen LogP contribution is -2.27. The molecule has 6 nitrogen and oxygen atoms in total. The Labute approximate surface area is 64.6 Å². The summed E-state index contributed by atoms with van der Waals surface area (Å²) < 4.78 is 29.5. The molecule has 0 aliphatic rings. The Morgan fingerprint density at radius 3 is 2.36 bits per heavy atom. The smallest absolute Gasteiger partial charge is 0.244 e. The molecule has 0 aliphatic heterocycles. The number of nitrogens with one attached hydrogen (secondary N) is 1. The lowest BCUT2D eigenvalue weighted by Gasteiger charge is -2.05. The minimum Gasteiger partial charge on any atom is -0.747 e. The Balaban J connectivity index is 0. The number of quaternary nitrogens is 1. The fraction of sp³-hybridized carbons (Fsp3) is 0.250. The van der Waals surface area contributed by atoms with Crippen LogP contribution in [0, 0.1) is 0 Å². The first-order valence-corrected chi connectivity index (χ1v) is 3.87. The number of amides is 1. The Morgan fingerprint density at radius 1 is 1.64 bits per heavy atom. The van der Waals surface area contributed by atoms with Crippen molar-refractivity contribution in [3.63, 3.8) is 0 Å². The molecule has 0 aromatic rings. The van der Waals surface area contributed by atoms with E-state index in [4.69, 9.17) is 0 Å². The van der Waals surface area contributed by atoms with Crippen molar-refractivity contribution in [2.75, 3.05) is 5.88 Å². The van der Waals surface area contributed by atoms with Crippen molar-refractivity contribution in [2.45, 2.75) is 0 Å². The maximum atomic E-state index is 10.2. The van der Waals surface area contributed by atoms with Crippen LogP contribution in [0.3, 0.4) is 0 Å². The molecule has 0 fully saturated rings. The first kappa shape index (κ1) is 12.7. The monoisotopic (exact) mass is 182 g/mol. The second kappa shape index (κ2) is 4.83. The van der Waals surface area contributed by atoms with Gasteiger partial charge in [0.1, 0.15) is 16.0 Å². The Hall–Kier alpha value is -0.920. The summed E-state index contributed by atoms with van der Waals surface area (Å²) in [6.07, 6.45) is 0.880. The lowest BCUT2D eigenvalue weighted by molar-refractivity contribution is -0.116.